The van der Waals surface area contributed by atoms with Crippen LogP contribution in [0.2, 0.25) is 5.02 Å². The summed E-state index contributed by atoms with van der Waals surface area (Å²) < 4.78 is 37.2. The minimum Gasteiger partial charge on any atom is -0.494 e. The van der Waals surface area contributed by atoms with E-state index >= 15 is 4.39 Å². The molecule has 2 atom stereocenters. The summed E-state index contributed by atoms with van der Waals surface area (Å²) in [6.07, 6.45) is 8.32. The van der Waals surface area contributed by atoms with Crippen molar-refractivity contribution in [1.82, 2.24) is 39.8 Å². The van der Waals surface area contributed by atoms with Crippen molar-refractivity contribution < 1.29 is 32.9 Å². The number of halogens is 2. The molecule has 21 heteroatoms. The fourth-order valence-corrected chi connectivity index (χ4v) is 12.9. The zero-order valence-electron chi connectivity index (χ0n) is 43.5. The highest BCUT2D eigenvalue weighted by Crippen LogP contribution is 2.43. The molecule has 18 nitrogen and oxygen atoms in total. The van der Waals surface area contributed by atoms with Gasteiger partial charge in [-0.1, -0.05) is 48.0 Å². The van der Waals surface area contributed by atoms with Gasteiger partial charge in [-0.05, 0) is 86.4 Å². The molecule has 0 spiro atoms. The molecule has 4 aromatic carbocycles. The number of nitrogens with zero attached hydrogens (tertiary/aromatic N) is 9. The van der Waals surface area contributed by atoms with Gasteiger partial charge in [0.05, 0.1) is 47.7 Å². The number of aryl methyl sites for hydroxylation is 1. The number of amides is 4. The first-order valence-corrected chi connectivity index (χ1v) is 29.1. The largest absolute Gasteiger partial charge is 0.494 e. The summed E-state index contributed by atoms with van der Waals surface area (Å²) in [6.45, 7) is 11.1. The number of piperazine rings is 1. The minimum absolute atomic E-state index is 0.0145. The number of rotatable bonds is 14. The molecule has 0 aliphatic carbocycles. The number of nitrogens with one attached hydrogen (secondary N) is 3. The third-order valence-electron chi connectivity index (χ3n) is 15.6. The number of aromatic nitrogens is 4. The fourth-order valence-electron chi connectivity index (χ4n) is 11.6. The van der Waals surface area contributed by atoms with E-state index in [9.17, 15) is 23.7 Å². The lowest BCUT2D eigenvalue weighted by Gasteiger charge is -2.44. The molecule has 5 aliphatic rings. The van der Waals surface area contributed by atoms with Gasteiger partial charge in [0.1, 0.15) is 29.8 Å². The Kier molecular flexibility index (Phi) is 14.4. The standard InChI is InChI=1S/C56H61ClFN12O6P/c1-65-33-37(29-60-65)39-26-45(62-56-59-30-42(57)52(64-56)61-44-11-10-36(24-50(44)77(3,4)75)35-8-6-5-7-9-35)49(76-2)28-47(39)68-18-15-38(16-19-68)67-22-20-66(21-23-67)31-34-14-17-69(32-34)48-27-41-40(25-43(48)58)54(73)70(55(41)74)46-12-13-51(71)63-53(46)72/h5-11,24-30,33-34,38,46H,12-23,31-32H2,1-4H3,(H,63,71,72)(H2,59,61,62,64). The highest BCUT2D eigenvalue weighted by Gasteiger charge is 2.46. The molecule has 0 bridgehead atoms. The zero-order chi connectivity index (χ0) is 53.7. The third-order valence-corrected chi connectivity index (χ3v) is 17.4. The van der Waals surface area contributed by atoms with E-state index in [0.29, 0.717) is 58.3 Å². The zero-order valence-corrected chi connectivity index (χ0v) is 45.1. The lowest BCUT2D eigenvalue weighted by atomic mass is 9.98. The van der Waals surface area contributed by atoms with Gasteiger partial charge in [-0.2, -0.15) is 10.1 Å². The van der Waals surface area contributed by atoms with E-state index in [1.807, 2.05) is 72.9 Å². The molecular formula is C56H61ClFN12O6P. The average molecular weight is 1080 g/mol. The third kappa shape index (κ3) is 10.7. The minimum atomic E-state index is -2.75. The number of carbonyl (C=O) groups is 4. The van der Waals surface area contributed by atoms with Gasteiger partial charge in [0.15, 0.2) is 5.82 Å². The number of hydrogen-bond acceptors (Lipinski definition) is 15. The van der Waals surface area contributed by atoms with Crippen molar-refractivity contribution in [1.29, 1.82) is 0 Å². The van der Waals surface area contributed by atoms with Crippen molar-refractivity contribution in [3.63, 3.8) is 0 Å². The number of benzene rings is 4. The van der Waals surface area contributed by atoms with Crippen molar-refractivity contribution >= 4 is 82.2 Å². The average Bonchev–Trinajstić information content (AvgIpc) is 4.20. The van der Waals surface area contributed by atoms with Crippen molar-refractivity contribution in [3.8, 4) is 28.0 Å². The van der Waals surface area contributed by atoms with Crippen molar-refractivity contribution in [3.05, 3.63) is 113 Å². The molecule has 2 unspecified atom stereocenters. The molecule has 7 heterocycles. The molecule has 2 aromatic heterocycles. The second kappa shape index (κ2) is 21.3. The molecule has 0 radical (unpaired) electrons. The molecule has 11 rings (SSSR count). The van der Waals surface area contributed by atoms with Gasteiger partial charge in [-0.3, -0.25) is 39.0 Å². The van der Waals surface area contributed by atoms with Gasteiger partial charge >= 0.3 is 0 Å². The number of hydrogen-bond donors (Lipinski definition) is 3. The van der Waals surface area contributed by atoms with Crippen LogP contribution in [-0.2, 0) is 21.2 Å². The van der Waals surface area contributed by atoms with Crippen LogP contribution in [0.4, 0.5) is 38.9 Å². The number of fused-ring (bicyclic) bond motifs is 1. The summed E-state index contributed by atoms with van der Waals surface area (Å²) in [5.41, 5.74) is 6.57. The summed E-state index contributed by atoms with van der Waals surface area (Å²) in [5.74, 6) is -1.52. The molecule has 5 aliphatic heterocycles. The quantitative estimate of drug-likeness (QED) is 0.0714. The highest BCUT2D eigenvalue weighted by atomic mass is 35.5. The molecular weight excluding hydrogens is 1020 g/mol. The monoisotopic (exact) mass is 1080 g/mol. The number of imide groups is 2. The summed E-state index contributed by atoms with van der Waals surface area (Å²) in [6, 6.07) is 21.9. The molecule has 400 valence electrons. The predicted molar refractivity (Wildman–Crippen MR) is 296 cm³/mol. The number of carbonyl (C=O) groups excluding carboxylic acids is 4. The van der Waals surface area contributed by atoms with Crippen LogP contribution in [0.1, 0.15) is 52.8 Å². The Morgan fingerprint density at radius 2 is 1.52 bits per heavy atom. The van der Waals surface area contributed by atoms with E-state index < -0.39 is 42.6 Å². The topological polar surface area (TPSA) is 190 Å². The Morgan fingerprint density at radius 1 is 0.779 bits per heavy atom. The first-order valence-electron chi connectivity index (χ1n) is 26.1. The van der Waals surface area contributed by atoms with E-state index in [1.54, 1.807) is 25.1 Å². The van der Waals surface area contributed by atoms with Crippen LogP contribution in [0.5, 0.6) is 5.75 Å². The van der Waals surface area contributed by atoms with Crippen LogP contribution in [0.25, 0.3) is 22.3 Å². The number of methoxy groups -OCH3 is 1. The Labute approximate surface area is 451 Å². The molecule has 77 heavy (non-hydrogen) atoms. The molecule has 4 saturated heterocycles. The van der Waals surface area contributed by atoms with Crippen LogP contribution in [0.3, 0.4) is 0 Å². The van der Waals surface area contributed by atoms with Crippen LogP contribution in [0, 0.1) is 11.7 Å². The molecule has 0 saturated carbocycles. The second-order valence-corrected chi connectivity index (χ2v) is 24.6. The molecule has 4 fully saturated rings. The highest BCUT2D eigenvalue weighted by molar-refractivity contribution is 7.70. The second-order valence-electron chi connectivity index (χ2n) is 21.0. The molecule has 4 amide bonds. The Hall–Kier alpha value is -7.18. The van der Waals surface area contributed by atoms with Gasteiger partial charge < -0.3 is 34.6 Å². The van der Waals surface area contributed by atoms with E-state index in [-0.39, 0.29) is 35.6 Å². The number of anilines is 6. The molecule has 3 N–H and O–H groups in total. The van der Waals surface area contributed by atoms with Gasteiger partial charge in [-0.25, -0.2) is 9.37 Å². The number of piperidine rings is 2. The SMILES string of the molecule is COc1cc(N2CCC(N3CCN(CC4CCN(c5cc6c(cc5F)C(=O)N(C5CCC(=O)NC5=O)C6=O)C4)CC3)CC2)c(-c2cnn(C)c2)cc1Nc1ncc(Cl)c(Nc2ccc(-c3ccccc3)cc2P(C)(C)=O)n1. The Balaban J connectivity index is 0.717. The fraction of sp³-hybridized carbons (Fsp3) is 0.375. The predicted octanol–water partition coefficient (Wildman–Crippen LogP) is 7.59. The van der Waals surface area contributed by atoms with Crippen LogP contribution < -0.4 is 35.8 Å². The number of ether oxygens (including phenoxy) is 1. The van der Waals surface area contributed by atoms with Gasteiger partial charge in [0, 0.05) is 113 Å². The summed E-state index contributed by atoms with van der Waals surface area (Å²) in [5, 5.41) is 14.5. The lowest BCUT2D eigenvalue weighted by Crippen LogP contribution is -2.54. The summed E-state index contributed by atoms with van der Waals surface area (Å²) in [4.78, 5) is 70.7. The lowest BCUT2D eigenvalue weighted by molar-refractivity contribution is -0.136. The molecule has 6 aromatic rings. The normalized spacial score (nSPS) is 19.7. The van der Waals surface area contributed by atoms with Gasteiger partial charge in [-0.15, -0.1) is 0 Å². The van der Waals surface area contributed by atoms with E-state index in [0.717, 1.165) is 104 Å². The first-order chi connectivity index (χ1) is 37.1. The Morgan fingerprint density at radius 3 is 2.22 bits per heavy atom. The van der Waals surface area contributed by atoms with Crippen molar-refractivity contribution in [2.75, 3.05) is 99.8 Å². The smallest absolute Gasteiger partial charge is 0.262 e. The van der Waals surface area contributed by atoms with E-state index in [4.69, 9.17) is 21.3 Å². The van der Waals surface area contributed by atoms with Crippen molar-refractivity contribution in [2.24, 2.45) is 13.0 Å². The Bertz CT molecular complexity index is 3340. The summed E-state index contributed by atoms with van der Waals surface area (Å²) in [7, 11) is 0.800. The maximum atomic E-state index is 15.7. The maximum Gasteiger partial charge on any atom is 0.262 e. The maximum absolute atomic E-state index is 15.7. The van der Waals surface area contributed by atoms with Crippen LogP contribution in [0.15, 0.2) is 91.4 Å². The first kappa shape index (κ1) is 51.9. The summed E-state index contributed by atoms with van der Waals surface area (Å²) >= 11 is 6.71. The van der Waals surface area contributed by atoms with Crippen LogP contribution >= 0.6 is 18.7 Å². The van der Waals surface area contributed by atoms with E-state index in [2.05, 4.69) is 52.9 Å². The van der Waals surface area contributed by atoms with Gasteiger partial charge in [0.25, 0.3) is 11.8 Å². The van der Waals surface area contributed by atoms with Gasteiger partial charge in [0.2, 0.25) is 17.8 Å². The van der Waals surface area contributed by atoms with Crippen molar-refractivity contribution in [2.45, 2.75) is 44.2 Å². The van der Waals surface area contributed by atoms with E-state index in [1.165, 1.54) is 12.3 Å². The van der Waals surface area contributed by atoms with Crippen LogP contribution in [-0.4, -0.2) is 150 Å².